The van der Waals surface area contributed by atoms with Crippen LogP contribution in [0.25, 0.3) is 6.08 Å². The third-order valence-electron chi connectivity index (χ3n) is 3.46. The average molecular weight is 338 g/mol. The van der Waals surface area contributed by atoms with Crippen LogP contribution in [0.3, 0.4) is 0 Å². The van der Waals surface area contributed by atoms with Crippen LogP contribution in [-0.2, 0) is 0 Å². The van der Waals surface area contributed by atoms with E-state index in [9.17, 15) is 0 Å². The second-order valence-electron chi connectivity index (χ2n) is 5.29. The number of nitriles is 2. The van der Waals surface area contributed by atoms with Gasteiger partial charge >= 0.3 is 0 Å². The standard InChI is InChI=1S/C20H14N6/c21-12-1-2-15-3-7-17(8-4-15)24-19-11-13-23-20(26-19)25-18-9-5-16(14-22)6-10-18/h1-11,13H,(H2,23,24,25,26)/b2-1+. The van der Waals surface area contributed by atoms with Crippen molar-refractivity contribution in [2.45, 2.75) is 0 Å². The molecule has 0 unspecified atom stereocenters. The van der Waals surface area contributed by atoms with E-state index < -0.39 is 0 Å². The fraction of sp³-hybridized carbons (Fsp3) is 0. The number of benzene rings is 2. The smallest absolute Gasteiger partial charge is 0.229 e. The molecular weight excluding hydrogens is 324 g/mol. The molecule has 0 bridgehead atoms. The third kappa shape index (κ3) is 4.44. The van der Waals surface area contributed by atoms with Gasteiger partial charge in [-0.1, -0.05) is 12.1 Å². The molecule has 0 atom stereocenters. The zero-order valence-corrected chi connectivity index (χ0v) is 13.7. The lowest BCUT2D eigenvalue weighted by molar-refractivity contribution is 1.17. The lowest BCUT2D eigenvalue weighted by Crippen LogP contribution is -2.00. The number of hydrogen-bond donors (Lipinski definition) is 2. The number of aromatic nitrogens is 2. The number of nitrogens with one attached hydrogen (secondary N) is 2. The lowest BCUT2D eigenvalue weighted by Gasteiger charge is -2.08. The second-order valence-corrected chi connectivity index (χ2v) is 5.29. The molecule has 6 heteroatoms. The van der Waals surface area contributed by atoms with Crippen LogP contribution in [0, 0.1) is 22.7 Å². The molecule has 0 amide bonds. The second kappa shape index (κ2) is 8.09. The molecule has 3 aromatic rings. The van der Waals surface area contributed by atoms with E-state index in [1.54, 1.807) is 42.6 Å². The van der Waals surface area contributed by atoms with Gasteiger partial charge in [-0.25, -0.2) is 4.98 Å². The zero-order valence-electron chi connectivity index (χ0n) is 13.7. The molecular formula is C20H14N6. The molecule has 124 valence electrons. The Balaban J connectivity index is 1.69. The quantitative estimate of drug-likeness (QED) is 0.670. The van der Waals surface area contributed by atoms with Gasteiger partial charge in [-0.15, -0.1) is 0 Å². The van der Waals surface area contributed by atoms with E-state index in [4.69, 9.17) is 10.5 Å². The molecule has 0 aliphatic heterocycles. The normalized spacial score (nSPS) is 10.1. The minimum absolute atomic E-state index is 0.452. The summed E-state index contributed by atoms with van der Waals surface area (Å²) in [7, 11) is 0. The third-order valence-corrected chi connectivity index (χ3v) is 3.46. The molecule has 1 heterocycles. The van der Waals surface area contributed by atoms with E-state index in [0.29, 0.717) is 17.3 Å². The molecule has 1 aromatic heterocycles. The van der Waals surface area contributed by atoms with Gasteiger partial charge in [0.1, 0.15) is 5.82 Å². The van der Waals surface area contributed by atoms with Crippen LogP contribution < -0.4 is 10.6 Å². The van der Waals surface area contributed by atoms with Gasteiger partial charge in [0.25, 0.3) is 0 Å². The molecule has 0 aliphatic rings. The summed E-state index contributed by atoms with van der Waals surface area (Å²) in [6, 6.07) is 20.5. The molecule has 26 heavy (non-hydrogen) atoms. The highest BCUT2D eigenvalue weighted by atomic mass is 15.1. The Labute approximate surface area is 151 Å². The highest BCUT2D eigenvalue weighted by molar-refractivity contribution is 5.62. The number of rotatable bonds is 5. The highest BCUT2D eigenvalue weighted by Crippen LogP contribution is 2.18. The summed E-state index contributed by atoms with van der Waals surface area (Å²) in [5.41, 5.74) is 3.22. The SMILES string of the molecule is N#C/C=C/c1ccc(Nc2ccnc(Nc3ccc(C#N)cc3)n2)cc1. The fourth-order valence-corrected chi connectivity index (χ4v) is 2.20. The largest absolute Gasteiger partial charge is 0.340 e. The average Bonchev–Trinajstić information content (AvgIpc) is 2.68. The monoisotopic (exact) mass is 338 g/mol. The van der Waals surface area contributed by atoms with Crippen LogP contribution in [0.15, 0.2) is 66.9 Å². The van der Waals surface area contributed by atoms with Crippen LogP contribution in [-0.4, -0.2) is 9.97 Å². The van der Waals surface area contributed by atoms with Crippen molar-refractivity contribution in [3.63, 3.8) is 0 Å². The van der Waals surface area contributed by atoms with Crippen LogP contribution in [0.4, 0.5) is 23.1 Å². The summed E-state index contributed by atoms with van der Waals surface area (Å²) in [4.78, 5) is 8.62. The molecule has 3 rings (SSSR count). The molecule has 6 nitrogen and oxygen atoms in total. The molecule has 0 spiro atoms. The van der Waals surface area contributed by atoms with E-state index in [1.165, 1.54) is 6.08 Å². The Bertz CT molecular complexity index is 992. The summed E-state index contributed by atoms with van der Waals surface area (Å²) in [6.07, 6.45) is 4.84. The Morgan fingerprint density at radius 1 is 0.846 bits per heavy atom. The van der Waals surface area contributed by atoms with Crippen LogP contribution in [0.2, 0.25) is 0 Å². The van der Waals surface area contributed by atoms with Gasteiger partial charge in [-0.05, 0) is 54.1 Å². The van der Waals surface area contributed by atoms with Crippen LogP contribution >= 0.6 is 0 Å². The topological polar surface area (TPSA) is 97.4 Å². The summed E-state index contributed by atoms with van der Waals surface area (Å²) >= 11 is 0. The van der Waals surface area contributed by atoms with Gasteiger partial charge in [-0.2, -0.15) is 15.5 Å². The first-order chi connectivity index (χ1) is 12.8. The van der Waals surface area contributed by atoms with E-state index >= 15 is 0 Å². The molecule has 2 N–H and O–H groups in total. The van der Waals surface area contributed by atoms with E-state index in [1.807, 2.05) is 30.3 Å². The van der Waals surface area contributed by atoms with E-state index in [-0.39, 0.29) is 0 Å². The fourth-order valence-electron chi connectivity index (χ4n) is 2.20. The van der Waals surface area contributed by atoms with Crippen molar-refractivity contribution in [3.8, 4) is 12.1 Å². The van der Waals surface area contributed by atoms with Gasteiger partial charge in [0.15, 0.2) is 0 Å². The predicted molar refractivity (Wildman–Crippen MR) is 101 cm³/mol. The number of anilines is 4. The van der Waals surface area contributed by atoms with Crippen molar-refractivity contribution in [2.24, 2.45) is 0 Å². The van der Waals surface area contributed by atoms with Gasteiger partial charge < -0.3 is 10.6 Å². The maximum Gasteiger partial charge on any atom is 0.229 e. The summed E-state index contributed by atoms with van der Waals surface area (Å²) in [5, 5.41) is 23.7. The van der Waals surface area contributed by atoms with E-state index in [2.05, 4.69) is 26.7 Å². The Kier molecular flexibility index (Phi) is 5.19. The van der Waals surface area contributed by atoms with Crippen molar-refractivity contribution in [1.29, 1.82) is 10.5 Å². The Morgan fingerprint density at radius 3 is 2.23 bits per heavy atom. The molecule has 0 fully saturated rings. The minimum Gasteiger partial charge on any atom is -0.340 e. The number of allylic oxidation sites excluding steroid dienone is 1. The van der Waals surface area contributed by atoms with Gasteiger partial charge in [0, 0.05) is 23.6 Å². The van der Waals surface area contributed by atoms with Gasteiger partial charge in [-0.3, -0.25) is 0 Å². The minimum atomic E-state index is 0.452. The maximum atomic E-state index is 8.83. The van der Waals surface area contributed by atoms with E-state index in [0.717, 1.165) is 16.9 Å². The summed E-state index contributed by atoms with van der Waals surface area (Å²) in [5.74, 6) is 1.10. The van der Waals surface area contributed by atoms with Gasteiger partial charge in [0.2, 0.25) is 5.95 Å². The first-order valence-electron chi connectivity index (χ1n) is 7.80. The molecule has 0 saturated carbocycles. The zero-order chi connectivity index (χ0) is 18.2. The Morgan fingerprint density at radius 2 is 1.54 bits per heavy atom. The molecule has 0 aliphatic carbocycles. The molecule has 2 aromatic carbocycles. The van der Waals surface area contributed by atoms with Crippen molar-refractivity contribution in [3.05, 3.63) is 78.0 Å². The summed E-state index contributed by atoms with van der Waals surface area (Å²) in [6.45, 7) is 0. The Hall–Kier alpha value is -4.16. The van der Waals surface area contributed by atoms with Gasteiger partial charge in [0.05, 0.1) is 17.7 Å². The number of nitrogens with zero attached hydrogens (tertiary/aromatic N) is 4. The van der Waals surface area contributed by atoms with Crippen molar-refractivity contribution in [2.75, 3.05) is 10.6 Å². The van der Waals surface area contributed by atoms with Crippen molar-refractivity contribution >= 4 is 29.2 Å². The first kappa shape index (κ1) is 16.7. The molecule has 0 saturated heterocycles. The van der Waals surface area contributed by atoms with Crippen molar-refractivity contribution in [1.82, 2.24) is 9.97 Å². The lowest BCUT2D eigenvalue weighted by atomic mass is 10.2. The highest BCUT2D eigenvalue weighted by Gasteiger charge is 2.01. The summed E-state index contributed by atoms with van der Waals surface area (Å²) < 4.78 is 0. The van der Waals surface area contributed by atoms with Crippen LogP contribution in [0.1, 0.15) is 11.1 Å². The number of hydrogen-bond acceptors (Lipinski definition) is 6. The first-order valence-corrected chi connectivity index (χ1v) is 7.80. The maximum absolute atomic E-state index is 8.83. The predicted octanol–water partition coefficient (Wildman–Crippen LogP) is 4.37. The molecule has 0 radical (unpaired) electrons. The van der Waals surface area contributed by atoms with Crippen LogP contribution in [0.5, 0.6) is 0 Å². The van der Waals surface area contributed by atoms with Crippen molar-refractivity contribution < 1.29 is 0 Å².